The lowest BCUT2D eigenvalue weighted by Gasteiger charge is -2.31. The second kappa shape index (κ2) is 5.76. The van der Waals surface area contributed by atoms with E-state index in [1.165, 1.54) is 5.56 Å². The van der Waals surface area contributed by atoms with Crippen LogP contribution in [0.3, 0.4) is 0 Å². The van der Waals surface area contributed by atoms with Gasteiger partial charge < -0.3 is 4.90 Å². The fourth-order valence-electron chi connectivity index (χ4n) is 2.62. The summed E-state index contributed by atoms with van der Waals surface area (Å²) < 4.78 is 2.10. The average molecular weight is 263 g/mol. The second-order valence-electron chi connectivity index (χ2n) is 6.02. The van der Waals surface area contributed by atoms with Crippen LogP contribution in [0.4, 0.5) is 0 Å². The molecule has 1 saturated heterocycles. The molecule has 0 N–H and O–H groups in total. The van der Waals surface area contributed by atoms with Gasteiger partial charge in [-0.25, -0.2) is 0 Å². The normalized spacial score (nSPS) is 18.9. The molecule has 1 amide bonds. The third-order valence-corrected chi connectivity index (χ3v) is 4.43. The first-order chi connectivity index (χ1) is 8.99. The Morgan fingerprint density at radius 1 is 1.32 bits per heavy atom. The molecule has 1 fully saturated rings. The quantitative estimate of drug-likeness (QED) is 0.841. The fourth-order valence-corrected chi connectivity index (χ4v) is 2.62. The third-order valence-electron chi connectivity index (χ3n) is 4.43. The van der Waals surface area contributed by atoms with E-state index in [2.05, 4.69) is 36.7 Å². The Bertz CT molecular complexity index is 430. The molecule has 0 aromatic carbocycles. The maximum atomic E-state index is 11.3. The summed E-state index contributed by atoms with van der Waals surface area (Å²) in [6, 6.07) is 0.448. The molecule has 1 aliphatic rings. The van der Waals surface area contributed by atoms with E-state index in [1.807, 2.05) is 11.1 Å². The average Bonchev–Trinajstić information content (AvgIpc) is 2.87. The number of nitrogens with zero attached hydrogens (tertiary/aromatic N) is 3. The van der Waals surface area contributed by atoms with Gasteiger partial charge in [0.05, 0.1) is 12.2 Å². The molecule has 0 bridgehead atoms. The molecule has 106 valence electrons. The summed E-state index contributed by atoms with van der Waals surface area (Å²) in [5.41, 5.74) is 1.32. The first-order valence-corrected chi connectivity index (χ1v) is 7.28. The summed E-state index contributed by atoms with van der Waals surface area (Å²) in [6.07, 6.45) is 6.22. The first-order valence-electron chi connectivity index (χ1n) is 7.28. The van der Waals surface area contributed by atoms with Gasteiger partial charge in [0, 0.05) is 26.2 Å². The van der Waals surface area contributed by atoms with E-state index >= 15 is 0 Å². The van der Waals surface area contributed by atoms with Crippen molar-refractivity contribution in [2.24, 2.45) is 5.92 Å². The number of aromatic nitrogens is 2. The lowest BCUT2D eigenvalue weighted by atomic mass is 9.93. The van der Waals surface area contributed by atoms with Crippen molar-refractivity contribution >= 4 is 5.91 Å². The van der Waals surface area contributed by atoms with Crippen LogP contribution in [0.1, 0.15) is 58.1 Å². The topological polar surface area (TPSA) is 38.1 Å². The molecular weight excluding hydrogens is 238 g/mol. The van der Waals surface area contributed by atoms with Crippen molar-refractivity contribution < 1.29 is 4.79 Å². The molecule has 1 aliphatic heterocycles. The molecule has 0 radical (unpaired) electrons. The van der Waals surface area contributed by atoms with Gasteiger partial charge >= 0.3 is 0 Å². The summed E-state index contributed by atoms with van der Waals surface area (Å²) in [6.45, 7) is 10.1. The number of hydrogen-bond donors (Lipinski definition) is 0. The van der Waals surface area contributed by atoms with Crippen LogP contribution < -0.4 is 0 Å². The molecule has 0 spiro atoms. The van der Waals surface area contributed by atoms with Gasteiger partial charge in [-0.05, 0) is 30.2 Å². The molecule has 2 heterocycles. The van der Waals surface area contributed by atoms with E-state index in [1.54, 1.807) is 6.92 Å². The van der Waals surface area contributed by atoms with Crippen LogP contribution in [0.15, 0.2) is 12.4 Å². The fraction of sp³-hybridized carbons (Fsp3) is 0.733. The Kier molecular flexibility index (Phi) is 4.27. The summed E-state index contributed by atoms with van der Waals surface area (Å²) >= 11 is 0. The summed E-state index contributed by atoms with van der Waals surface area (Å²) in [5.74, 6) is 1.37. The van der Waals surface area contributed by atoms with E-state index in [9.17, 15) is 4.79 Å². The summed E-state index contributed by atoms with van der Waals surface area (Å²) in [4.78, 5) is 13.2. The van der Waals surface area contributed by atoms with Gasteiger partial charge in [0.2, 0.25) is 5.91 Å². The molecule has 1 unspecified atom stereocenters. The molecule has 0 saturated carbocycles. The molecule has 19 heavy (non-hydrogen) atoms. The minimum Gasteiger partial charge on any atom is -0.343 e. The van der Waals surface area contributed by atoms with Gasteiger partial charge in [-0.3, -0.25) is 9.48 Å². The van der Waals surface area contributed by atoms with Gasteiger partial charge in [-0.15, -0.1) is 0 Å². The van der Waals surface area contributed by atoms with Crippen molar-refractivity contribution in [1.82, 2.24) is 14.7 Å². The monoisotopic (exact) mass is 263 g/mol. The highest BCUT2D eigenvalue weighted by Gasteiger charge is 2.23. The van der Waals surface area contributed by atoms with Crippen molar-refractivity contribution in [2.75, 3.05) is 13.1 Å². The summed E-state index contributed by atoms with van der Waals surface area (Å²) in [5, 5.41) is 4.53. The van der Waals surface area contributed by atoms with Gasteiger partial charge in [0.15, 0.2) is 0 Å². The molecule has 0 aliphatic carbocycles. The predicted octanol–water partition coefficient (Wildman–Crippen LogP) is 2.83. The maximum absolute atomic E-state index is 11.3. The molecule has 1 atom stereocenters. The highest BCUT2D eigenvalue weighted by molar-refractivity contribution is 5.73. The van der Waals surface area contributed by atoms with Crippen LogP contribution in [0.25, 0.3) is 0 Å². The number of carbonyl (C=O) groups excluding carboxylic acids is 1. The maximum Gasteiger partial charge on any atom is 0.219 e. The number of piperidine rings is 1. The lowest BCUT2D eigenvalue weighted by Crippen LogP contribution is -2.37. The van der Waals surface area contributed by atoms with Crippen molar-refractivity contribution in [3.8, 4) is 0 Å². The Morgan fingerprint density at radius 2 is 1.95 bits per heavy atom. The Morgan fingerprint density at radius 3 is 2.47 bits per heavy atom. The van der Waals surface area contributed by atoms with Crippen LogP contribution in [-0.2, 0) is 4.79 Å². The largest absolute Gasteiger partial charge is 0.343 e. The Labute approximate surface area is 115 Å². The Balaban J connectivity index is 1.99. The SMILES string of the molecule is CC(=O)N1CCC(n2cc(C(C)C(C)C)cn2)CC1. The van der Waals surface area contributed by atoms with E-state index in [-0.39, 0.29) is 5.91 Å². The zero-order valence-electron chi connectivity index (χ0n) is 12.5. The van der Waals surface area contributed by atoms with Crippen LogP contribution in [0.2, 0.25) is 0 Å². The number of amides is 1. The zero-order valence-corrected chi connectivity index (χ0v) is 12.5. The van der Waals surface area contributed by atoms with E-state index < -0.39 is 0 Å². The lowest BCUT2D eigenvalue weighted by molar-refractivity contribution is -0.130. The second-order valence-corrected chi connectivity index (χ2v) is 6.02. The van der Waals surface area contributed by atoms with Crippen molar-refractivity contribution in [3.63, 3.8) is 0 Å². The number of likely N-dealkylation sites (tertiary alicyclic amines) is 1. The molecule has 2 rings (SSSR count). The van der Waals surface area contributed by atoms with Gasteiger partial charge in [-0.1, -0.05) is 20.8 Å². The van der Waals surface area contributed by atoms with Gasteiger partial charge in [-0.2, -0.15) is 5.10 Å². The van der Waals surface area contributed by atoms with E-state index in [0.717, 1.165) is 25.9 Å². The van der Waals surface area contributed by atoms with Crippen molar-refractivity contribution in [2.45, 2.75) is 52.5 Å². The van der Waals surface area contributed by atoms with Crippen LogP contribution >= 0.6 is 0 Å². The first kappa shape index (κ1) is 14.1. The van der Waals surface area contributed by atoms with Gasteiger partial charge in [0.1, 0.15) is 0 Å². The minimum absolute atomic E-state index is 0.188. The van der Waals surface area contributed by atoms with Crippen LogP contribution in [-0.4, -0.2) is 33.7 Å². The van der Waals surface area contributed by atoms with Crippen molar-refractivity contribution in [3.05, 3.63) is 18.0 Å². The third kappa shape index (κ3) is 3.17. The molecule has 4 heteroatoms. The molecular formula is C15H25N3O. The Hall–Kier alpha value is -1.32. The number of rotatable bonds is 3. The van der Waals surface area contributed by atoms with Gasteiger partial charge in [0.25, 0.3) is 0 Å². The van der Waals surface area contributed by atoms with Crippen molar-refractivity contribution in [1.29, 1.82) is 0 Å². The highest BCUT2D eigenvalue weighted by Crippen LogP contribution is 2.26. The smallest absolute Gasteiger partial charge is 0.219 e. The van der Waals surface area contributed by atoms with Crippen LogP contribution in [0, 0.1) is 5.92 Å². The molecule has 1 aromatic heterocycles. The standard InChI is InChI=1S/C15H25N3O/c1-11(2)12(3)14-9-16-18(10-14)15-5-7-17(8-6-15)13(4)19/h9-12,15H,5-8H2,1-4H3. The highest BCUT2D eigenvalue weighted by atomic mass is 16.2. The number of hydrogen-bond acceptors (Lipinski definition) is 2. The van der Waals surface area contributed by atoms with E-state index in [0.29, 0.717) is 17.9 Å². The van der Waals surface area contributed by atoms with Crippen LogP contribution in [0.5, 0.6) is 0 Å². The molecule has 4 nitrogen and oxygen atoms in total. The molecule has 1 aromatic rings. The zero-order chi connectivity index (χ0) is 14.0. The summed E-state index contributed by atoms with van der Waals surface area (Å²) in [7, 11) is 0. The predicted molar refractivity (Wildman–Crippen MR) is 76.0 cm³/mol. The number of carbonyl (C=O) groups is 1. The minimum atomic E-state index is 0.188. The van der Waals surface area contributed by atoms with E-state index in [4.69, 9.17) is 0 Å².